The van der Waals surface area contributed by atoms with Gasteiger partial charge in [-0.25, -0.2) is 18.2 Å². The van der Waals surface area contributed by atoms with E-state index in [1.54, 1.807) is 118 Å². The zero-order valence-corrected chi connectivity index (χ0v) is 78.3. The first-order valence-electron chi connectivity index (χ1n) is 44.2. The summed E-state index contributed by atoms with van der Waals surface area (Å²) in [5.74, 6) is -8.53. The van der Waals surface area contributed by atoms with Crippen molar-refractivity contribution in [2.24, 2.45) is 33.0 Å². The number of anilines is 2. The molecule has 3 aliphatic heterocycles. The fraction of sp³-hybridized carbons (Fsp3) is 0.511. The molecule has 3 unspecified atom stereocenters. The van der Waals surface area contributed by atoms with E-state index >= 15 is 0 Å². The first-order valence-corrected chi connectivity index (χ1v) is 46.9. The van der Waals surface area contributed by atoms with E-state index in [0.717, 1.165) is 4.90 Å². The molecule has 0 saturated carbocycles. The summed E-state index contributed by atoms with van der Waals surface area (Å²) in [6.45, 7) is 10.1. The number of carbonyl (C=O) groups is 18. The van der Waals surface area contributed by atoms with Gasteiger partial charge in [-0.15, -0.1) is 0 Å². The summed E-state index contributed by atoms with van der Waals surface area (Å²) in [5, 5.41) is 16.9. The lowest BCUT2D eigenvalue weighted by atomic mass is 9.95. The molecule has 0 bridgehead atoms. The van der Waals surface area contributed by atoms with Gasteiger partial charge >= 0.3 is 6.09 Å². The number of carbonyl (C=O) groups excluding carboxylic acids is 18. The summed E-state index contributed by atoms with van der Waals surface area (Å²) in [6.07, 6.45) is 6.51. The van der Waals surface area contributed by atoms with E-state index in [4.69, 9.17) is 23.7 Å². The molecule has 2 fully saturated rings. The predicted molar refractivity (Wildman–Crippen MR) is 487 cm³/mol. The molecule has 7 N–H and O–H groups in total. The van der Waals surface area contributed by atoms with E-state index in [2.05, 4.69) is 48.8 Å². The van der Waals surface area contributed by atoms with Crippen LogP contribution in [0.4, 0.5) is 16.3 Å². The number of aryl methyl sites for hydroxylation is 4. The van der Waals surface area contributed by atoms with Crippen molar-refractivity contribution in [2.75, 3.05) is 103 Å². The normalized spacial score (nSPS) is 15.4. The van der Waals surface area contributed by atoms with Crippen LogP contribution < -0.4 is 42.0 Å². The number of amides is 10. The number of hydrogen-bond acceptors (Lipinski definition) is 28. The van der Waals surface area contributed by atoms with Crippen LogP contribution >= 0.6 is 11.8 Å². The Hall–Kier alpha value is -12.5. The lowest BCUT2D eigenvalue weighted by Crippen LogP contribution is -2.53. The molecule has 2 saturated heterocycles. The number of ketones is 7. The van der Waals surface area contributed by atoms with Gasteiger partial charge in [0.15, 0.2) is 29.0 Å². The minimum Gasteiger partial charge on any atom is -0.748 e. The van der Waals surface area contributed by atoms with Gasteiger partial charge in [0.25, 0.3) is 17.7 Å². The Morgan fingerprint density at radius 1 is 0.642 bits per heavy atom. The zero-order valence-electron chi connectivity index (χ0n) is 76.7. The van der Waals surface area contributed by atoms with E-state index in [0.29, 0.717) is 75.2 Å². The molecule has 40 nitrogen and oxygen atoms in total. The van der Waals surface area contributed by atoms with Crippen LogP contribution in [0.25, 0.3) is 10.9 Å². The monoisotopic (exact) mass is 1900 g/mol. The van der Waals surface area contributed by atoms with Gasteiger partial charge in [0.1, 0.15) is 47.1 Å². The van der Waals surface area contributed by atoms with Crippen LogP contribution in [0.15, 0.2) is 85.5 Å². The lowest BCUT2D eigenvalue weighted by Gasteiger charge is -2.30. The first kappa shape index (κ1) is 105. The van der Waals surface area contributed by atoms with Crippen molar-refractivity contribution >= 4 is 150 Å². The van der Waals surface area contributed by atoms with Crippen molar-refractivity contribution in [2.45, 2.75) is 178 Å². The standard InChI is InChI=1S/C92H118N14O26S2/c1-54(2)85(100-83(117)23-27-93-92(124)132-53-62(73(111)15-12-30-128-9)42-67(110)48-95-81(115)22-19-66(109)47-94-80(114)21-18-65(108)26-33-130-35-34-129-31-11-14-64(107)25-29-105-84(118)46-77(133-10)91(105)123)88(120)96-57(5)74(112)40-58-17-20-69-60(38-58)24-28-104(69)90(122)72-45-63(51-102(72)7)97-87(119)71-39-59(50-101(71)6)41-75(113)86-99-79(52-103(86)8)98-82(116)16-13-32-131-76-43-61-44-78(134(125,126)127)70-36-55(3)49-106(70)89(121)68(61)37-56(76)4/h17,20,24,28,37-39,43,45,50-52,54,57,62,70,77-78,85H,3,11-16,18-19,21-23,25-27,29-36,40-42,44,46-49,53H2,1-2,4-10H3,(H,93,124)(H,94,114)(H,95,115)(H,96,120)(H,97,119)(H,98,116)(H,100,117)(H,125,126,127)/p-1/t57-,62?,70-,77?,78?,85-/m0/s1. The van der Waals surface area contributed by atoms with Gasteiger partial charge in [-0.05, 0) is 123 Å². The number of alkyl carbamates (subject to hydrolysis) is 1. The number of hydrogen-bond donors (Lipinski definition) is 7. The van der Waals surface area contributed by atoms with Crippen molar-refractivity contribution in [3.05, 3.63) is 130 Å². The molecule has 7 heterocycles. The topological polar surface area (TPSA) is 534 Å². The summed E-state index contributed by atoms with van der Waals surface area (Å²) in [4.78, 5) is 241. The second-order valence-corrected chi connectivity index (χ2v) is 36.4. The minimum atomic E-state index is -4.79. The SMILES string of the molecule is C=C1C[C@H]2C(S(=O)(=O)[O-])Cc3cc(OCCCC(=O)Nc4cn(C)c(C(=O)Cc5cc(C(=O)Nc6cc(C(=O)n7ccc8cc(CC(=O)[C@H](C)NC(=O)[C@@H](NC(=O)CCNC(=O)OCC(CC(=O)CNC(=O)CCC(=O)CNC(=O)CCC(=O)CCOCCOCCCC(=O)CCN9C(=O)CC(SC)C9=O)C(=O)CCCOC)C(C)C)ccc87)n(C)c6)n(C)c5)n4)c(C)cc3C(=O)N2C1. The highest BCUT2D eigenvalue weighted by Crippen LogP contribution is 2.37. The van der Waals surface area contributed by atoms with Crippen molar-refractivity contribution in [1.82, 2.24) is 59.6 Å². The largest absolute Gasteiger partial charge is 0.748 e. The number of benzene rings is 2. The first-order chi connectivity index (χ1) is 63.7. The number of fused-ring (bicyclic) bond motifs is 3. The van der Waals surface area contributed by atoms with Crippen molar-refractivity contribution in [3.63, 3.8) is 0 Å². The van der Waals surface area contributed by atoms with Gasteiger partial charge in [0.2, 0.25) is 47.1 Å². The number of Topliss-reactive ketones (excluding diaryl/α,β-unsaturated/α-hetero) is 7. The molecule has 0 aliphatic carbocycles. The highest BCUT2D eigenvalue weighted by molar-refractivity contribution is 8.00. The number of ether oxygens (including phenoxy) is 5. The third-order valence-corrected chi connectivity index (χ3v) is 25.1. The molecule has 10 amide bonds. The second-order valence-electron chi connectivity index (χ2n) is 33.8. The third kappa shape index (κ3) is 30.8. The van der Waals surface area contributed by atoms with Crippen LogP contribution in [-0.4, -0.2) is 273 Å². The van der Waals surface area contributed by atoms with Crippen LogP contribution in [-0.2, 0) is 132 Å². The number of likely N-dealkylation sites (tertiary alicyclic amines) is 1. The number of nitrogens with one attached hydrogen (secondary N) is 7. The molecule has 2 aromatic carbocycles. The average molecular weight is 1900 g/mol. The minimum absolute atomic E-state index is 0.00336. The van der Waals surface area contributed by atoms with Gasteiger partial charge in [-0.2, -0.15) is 11.8 Å². The van der Waals surface area contributed by atoms with Gasteiger partial charge in [-0.1, -0.05) is 32.1 Å². The molecule has 0 spiro atoms. The Morgan fingerprint density at radius 3 is 2.03 bits per heavy atom. The molecular formula is C92H117N14O26S2-. The zero-order chi connectivity index (χ0) is 97.8. The Balaban J connectivity index is 0.629. The van der Waals surface area contributed by atoms with Gasteiger partial charge in [-0.3, -0.25) is 91.0 Å². The summed E-state index contributed by atoms with van der Waals surface area (Å²) >= 11 is 1.31. The number of rotatable bonds is 56. The summed E-state index contributed by atoms with van der Waals surface area (Å²) in [5.41, 5.74) is 4.19. The van der Waals surface area contributed by atoms with Gasteiger partial charge < -0.3 is 84.1 Å². The number of nitrogens with zero attached hydrogens (tertiary/aromatic N) is 7. The summed E-state index contributed by atoms with van der Waals surface area (Å²) in [6, 6.07) is 10.1. The van der Waals surface area contributed by atoms with Crippen molar-refractivity contribution in [1.29, 1.82) is 0 Å². The van der Waals surface area contributed by atoms with Crippen LogP contribution in [0.3, 0.4) is 0 Å². The van der Waals surface area contributed by atoms with Gasteiger partial charge in [0.05, 0.1) is 89.3 Å². The third-order valence-electron chi connectivity index (χ3n) is 22.9. The Bertz CT molecular complexity index is 5550. The van der Waals surface area contributed by atoms with E-state index in [-0.39, 0.29) is 214 Å². The maximum absolute atomic E-state index is 14.2. The van der Waals surface area contributed by atoms with E-state index < -0.39 is 147 Å². The predicted octanol–water partition coefficient (Wildman–Crippen LogP) is 4.79. The molecule has 42 heteroatoms. The number of thioether (sulfide) groups is 1. The molecule has 9 rings (SSSR count). The quantitative estimate of drug-likeness (QED) is 0.00886. The van der Waals surface area contributed by atoms with Crippen LogP contribution in [0.2, 0.25) is 0 Å². The summed E-state index contributed by atoms with van der Waals surface area (Å²) < 4.78 is 70.5. The Labute approximate surface area is 779 Å². The van der Waals surface area contributed by atoms with Crippen LogP contribution in [0.5, 0.6) is 5.75 Å². The highest BCUT2D eigenvalue weighted by Gasteiger charge is 2.44. The fourth-order valence-electron chi connectivity index (χ4n) is 15.5. The van der Waals surface area contributed by atoms with Crippen LogP contribution in [0.1, 0.15) is 188 Å². The second kappa shape index (κ2) is 50.0. The Morgan fingerprint density at radius 2 is 1.33 bits per heavy atom. The van der Waals surface area contributed by atoms with Crippen molar-refractivity contribution in [3.8, 4) is 5.75 Å². The maximum Gasteiger partial charge on any atom is 0.407 e. The lowest BCUT2D eigenvalue weighted by molar-refractivity contribution is -0.139. The van der Waals surface area contributed by atoms with E-state index in [9.17, 15) is 99.3 Å². The molecule has 134 heavy (non-hydrogen) atoms. The molecular weight excluding hydrogens is 1780 g/mol. The van der Waals surface area contributed by atoms with E-state index in [1.165, 1.54) is 52.1 Å². The van der Waals surface area contributed by atoms with Crippen LogP contribution in [0, 0.1) is 18.8 Å². The molecule has 0 radical (unpaired) electrons. The molecule has 6 atom stereocenters. The average Bonchev–Trinajstić information content (AvgIpc) is 1.61. The molecule has 6 aromatic rings. The maximum atomic E-state index is 14.2. The van der Waals surface area contributed by atoms with E-state index in [1.807, 2.05) is 0 Å². The number of imide groups is 1. The number of imidazole rings is 1. The number of methoxy groups -OCH3 is 1. The molecule has 724 valence electrons. The highest BCUT2D eigenvalue weighted by atomic mass is 32.2. The summed E-state index contributed by atoms with van der Waals surface area (Å²) in [7, 11) is 1.51. The van der Waals surface area contributed by atoms with Gasteiger partial charge in [0, 0.05) is 187 Å². The fourth-order valence-corrected chi connectivity index (χ4v) is 17.2. The molecule has 4 aromatic heterocycles. The Kier molecular flexibility index (Phi) is 39.2. The van der Waals surface area contributed by atoms with Crippen molar-refractivity contribution < 1.29 is 123 Å². The smallest absolute Gasteiger partial charge is 0.407 e. The molecule has 3 aliphatic rings. The number of aromatic nitrogens is 5.